The average Bonchev–Trinajstić information content (AvgIpc) is 2.93. The van der Waals surface area contributed by atoms with Crippen LogP contribution in [0.25, 0.3) is 11.3 Å². The van der Waals surface area contributed by atoms with Crippen LogP contribution in [0, 0.1) is 0 Å². The van der Waals surface area contributed by atoms with Crippen LogP contribution in [-0.2, 0) is 4.74 Å². The van der Waals surface area contributed by atoms with E-state index in [0.717, 1.165) is 48.9 Å². The lowest BCUT2D eigenvalue weighted by Crippen LogP contribution is -2.36. The third kappa shape index (κ3) is 2.04. The van der Waals surface area contributed by atoms with E-state index in [1.807, 2.05) is 12.1 Å². The third-order valence-electron chi connectivity index (χ3n) is 3.19. The number of nitrogen functional groups attached to an aromatic ring is 1. The first-order valence-corrected chi connectivity index (χ1v) is 6.06. The predicted molar refractivity (Wildman–Crippen MR) is 71.5 cm³/mol. The van der Waals surface area contributed by atoms with Crippen molar-refractivity contribution in [3.63, 3.8) is 0 Å². The molecule has 0 saturated carbocycles. The highest BCUT2D eigenvalue weighted by atomic mass is 16.5. The molecule has 0 bridgehead atoms. The van der Waals surface area contributed by atoms with E-state index in [9.17, 15) is 0 Å². The molecule has 0 radical (unpaired) electrons. The number of rotatable bonds is 2. The van der Waals surface area contributed by atoms with Gasteiger partial charge in [-0.3, -0.25) is 5.10 Å². The molecule has 2 aromatic rings. The van der Waals surface area contributed by atoms with Crippen molar-refractivity contribution in [1.29, 1.82) is 0 Å². The summed E-state index contributed by atoms with van der Waals surface area (Å²) >= 11 is 0. The molecule has 2 heterocycles. The number of aromatic nitrogens is 2. The van der Waals surface area contributed by atoms with E-state index in [-0.39, 0.29) is 0 Å². The van der Waals surface area contributed by atoms with E-state index in [1.54, 1.807) is 6.20 Å². The maximum absolute atomic E-state index is 6.14. The zero-order chi connectivity index (χ0) is 12.4. The Bertz CT molecular complexity index is 518. The zero-order valence-corrected chi connectivity index (χ0v) is 10.1. The molecule has 5 heteroatoms. The summed E-state index contributed by atoms with van der Waals surface area (Å²) in [7, 11) is 0. The number of hydrogen-bond donors (Lipinski definition) is 2. The molecule has 1 aromatic heterocycles. The summed E-state index contributed by atoms with van der Waals surface area (Å²) in [5, 5.41) is 6.89. The van der Waals surface area contributed by atoms with Crippen LogP contribution in [0.15, 0.2) is 30.5 Å². The molecule has 0 amide bonds. The number of nitrogens with zero attached hydrogens (tertiary/aromatic N) is 2. The minimum absolute atomic E-state index is 0.766. The van der Waals surface area contributed by atoms with E-state index in [0.29, 0.717) is 0 Å². The van der Waals surface area contributed by atoms with Crippen LogP contribution >= 0.6 is 0 Å². The summed E-state index contributed by atoms with van der Waals surface area (Å²) in [5.74, 6) is 0. The average molecular weight is 244 g/mol. The van der Waals surface area contributed by atoms with Crippen molar-refractivity contribution in [2.24, 2.45) is 0 Å². The van der Waals surface area contributed by atoms with E-state index in [1.165, 1.54) is 0 Å². The molecule has 3 rings (SSSR count). The fraction of sp³-hybridized carbons (Fsp3) is 0.308. The molecule has 0 aliphatic carbocycles. The minimum atomic E-state index is 0.766. The molecule has 1 aliphatic rings. The van der Waals surface area contributed by atoms with Gasteiger partial charge < -0.3 is 15.4 Å². The van der Waals surface area contributed by atoms with Gasteiger partial charge in [0.1, 0.15) is 0 Å². The first-order valence-electron chi connectivity index (χ1n) is 6.06. The first kappa shape index (κ1) is 11.1. The van der Waals surface area contributed by atoms with Crippen LogP contribution < -0.4 is 10.6 Å². The number of morpholine rings is 1. The number of benzene rings is 1. The van der Waals surface area contributed by atoms with Gasteiger partial charge in [0, 0.05) is 24.8 Å². The Morgan fingerprint density at radius 1 is 1.22 bits per heavy atom. The Morgan fingerprint density at radius 3 is 2.72 bits per heavy atom. The lowest BCUT2D eigenvalue weighted by Gasteiger charge is -2.30. The number of aromatic amines is 1. The van der Waals surface area contributed by atoms with Crippen LogP contribution in [-0.4, -0.2) is 36.5 Å². The van der Waals surface area contributed by atoms with Gasteiger partial charge in [-0.25, -0.2) is 0 Å². The summed E-state index contributed by atoms with van der Waals surface area (Å²) in [4.78, 5) is 2.26. The van der Waals surface area contributed by atoms with Crippen molar-refractivity contribution in [1.82, 2.24) is 10.2 Å². The molecule has 3 N–H and O–H groups in total. The Hall–Kier alpha value is -2.01. The predicted octanol–water partition coefficient (Wildman–Crippen LogP) is 1.50. The van der Waals surface area contributed by atoms with Gasteiger partial charge in [-0.15, -0.1) is 0 Å². The van der Waals surface area contributed by atoms with Crippen LogP contribution in [0.4, 0.5) is 11.4 Å². The van der Waals surface area contributed by atoms with E-state index in [2.05, 4.69) is 27.2 Å². The van der Waals surface area contributed by atoms with Crippen molar-refractivity contribution in [3.05, 3.63) is 30.5 Å². The Labute approximate surface area is 106 Å². The second-order valence-electron chi connectivity index (χ2n) is 4.34. The third-order valence-corrected chi connectivity index (χ3v) is 3.19. The summed E-state index contributed by atoms with van der Waals surface area (Å²) < 4.78 is 5.35. The SMILES string of the molecule is Nc1cc(-c2ccn[nH]2)ccc1N1CCOCC1. The molecule has 1 aliphatic heterocycles. The Kier molecular flexibility index (Phi) is 2.90. The van der Waals surface area contributed by atoms with Gasteiger partial charge in [0.2, 0.25) is 0 Å². The standard InChI is InChI=1S/C13H16N4O/c14-11-9-10(12-3-4-15-16-12)1-2-13(11)17-5-7-18-8-6-17/h1-4,9H,5-8,14H2,(H,15,16). The molecule has 1 fully saturated rings. The topological polar surface area (TPSA) is 67.2 Å². The highest BCUT2D eigenvalue weighted by Gasteiger charge is 2.14. The van der Waals surface area contributed by atoms with E-state index in [4.69, 9.17) is 10.5 Å². The molecule has 0 spiro atoms. The van der Waals surface area contributed by atoms with E-state index >= 15 is 0 Å². The number of anilines is 2. The Morgan fingerprint density at radius 2 is 2.06 bits per heavy atom. The van der Waals surface area contributed by atoms with Crippen LogP contribution in [0.3, 0.4) is 0 Å². The number of H-pyrrole nitrogens is 1. The maximum Gasteiger partial charge on any atom is 0.0650 e. The zero-order valence-electron chi connectivity index (χ0n) is 10.1. The van der Waals surface area contributed by atoms with Crippen molar-refractivity contribution < 1.29 is 4.74 Å². The smallest absolute Gasteiger partial charge is 0.0650 e. The Balaban J connectivity index is 1.89. The maximum atomic E-state index is 6.14. The van der Waals surface area contributed by atoms with Crippen LogP contribution in [0.5, 0.6) is 0 Å². The first-order chi connectivity index (χ1) is 8.84. The second-order valence-corrected chi connectivity index (χ2v) is 4.34. The summed E-state index contributed by atoms with van der Waals surface area (Å²) in [6.07, 6.45) is 1.74. The lowest BCUT2D eigenvalue weighted by atomic mass is 10.1. The van der Waals surface area contributed by atoms with Gasteiger partial charge in [0.05, 0.1) is 30.3 Å². The van der Waals surface area contributed by atoms with Crippen molar-refractivity contribution in [2.75, 3.05) is 36.9 Å². The van der Waals surface area contributed by atoms with Crippen molar-refractivity contribution in [2.45, 2.75) is 0 Å². The van der Waals surface area contributed by atoms with Gasteiger partial charge >= 0.3 is 0 Å². The highest BCUT2D eigenvalue weighted by Crippen LogP contribution is 2.28. The van der Waals surface area contributed by atoms with Crippen molar-refractivity contribution >= 4 is 11.4 Å². The molecule has 0 unspecified atom stereocenters. The molecular formula is C13H16N4O. The molecule has 1 aromatic carbocycles. The quantitative estimate of drug-likeness (QED) is 0.785. The fourth-order valence-corrected chi connectivity index (χ4v) is 2.23. The largest absolute Gasteiger partial charge is 0.397 e. The fourth-order valence-electron chi connectivity index (χ4n) is 2.23. The van der Waals surface area contributed by atoms with Gasteiger partial charge in [-0.2, -0.15) is 5.10 Å². The van der Waals surface area contributed by atoms with Crippen LogP contribution in [0.1, 0.15) is 0 Å². The normalized spacial score (nSPS) is 15.9. The van der Waals surface area contributed by atoms with Crippen LogP contribution in [0.2, 0.25) is 0 Å². The van der Waals surface area contributed by atoms with E-state index < -0.39 is 0 Å². The van der Waals surface area contributed by atoms with Gasteiger partial charge in [0.25, 0.3) is 0 Å². The number of nitrogens with two attached hydrogens (primary N) is 1. The molecule has 5 nitrogen and oxygen atoms in total. The molecular weight excluding hydrogens is 228 g/mol. The molecule has 0 atom stereocenters. The second kappa shape index (κ2) is 4.70. The molecule has 1 saturated heterocycles. The number of nitrogens with one attached hydrogen (secondary N) is 1. The lowest BCUT2D eigenvalue weighted by molar-refractivity contribution is 0.123. The van der Waals surface area contributed by atoms with Gasteiger partial charge in [-0.05, 0) is 18.2 Å². The van der Waals surface area contributed by atoms with Gasteiger partial charge in [0.15, 0.2) is 0 Å². The van der Waals surface area contributed by atoms with Crippen molar-refractivity contribution in [3.8, 4) is 11.3 Å². The van der Waals surface area contributed by atoms with Gasteiger partial charge in [-0.1, -0.05) is 6.07 Å². The molecule has 94 valence electrons. The summed E-state index contributed by atoms with van der Waals surface area (Å²) in [6, 6.07) is 8.05. The minimum Gasteiger partial charge on any atom is -0.397 e. The number of hydrogen-bond acceptors (Lipinski definition) is 4. The summed E-state index contributed by atoms with van der Waals surface area (Å²) in [6.45, 7) is 3.32. The highest BCUT2D eigenvalue weighted by molar-refractivity contribution is 5.75. The summed E-state index contributed by atoms with van der Waals surface area (Å²) in [5.41, 5.74) is 10.1. The monoisotopic (exact) mass is 244 g/mol. The molecule has 18 heavy (non-hydrogen) atoms. The number of ether oxygens (including phenoxy) is 1.